The van der Waals surface area contributed by atoms with Crippen LogP contribution in [-0.4, -0.2) is 54.0 Å². The highest BCUT2D eigenvalue weighted by Gasteiger charge is 2.25. The molecule has 2 unspecified atom stereocenters. The Morgan fingerprint density at radius 3 is 3.00 bits per heavy atom. The third-order valence-electron chi connectivity index (χ3n) is 4.69. The Bertz CT molecular complexity index is 490. The Hall–Kier alpha value is -1.04. The van der Waals surface area contributed by atoms with Gasteiger partial charge in [0.15, 0.2) is 0 Å². The van der Waals surface area contributed by atoms with E-state index >= 15 is 0 Å². The van der Waals surface area contributed by atoms with Crippen LogP contribution in [0.2, 0.25) is 0 Å². The zero-order valence-corrected chi connectivity index (χ0v) is 14.5. The van der Waals surface area contributed by atoms with Crippen molar-refractivity contribution in [1.29, 1.82) is 0 Å². The molecule has 0 aromatic heterocycles. The molecule has 1 aromatic rings. The van der Waals surface area contributed by atoms with Gasteiger partial charge >= 0.3 is 0 Å². The molecule has 2 atom stereocenters. The van der Waals surface area contributed by atoms with Gasteiger partial charge in [0.1, 0.15) is 0 Å². The summed E-state index contributed by atoms with van der Waals surface area (Å²) in [6.45, 7) is 3.93. The lowest BCUT2D eigenvalue weighted by molar-refractivity contribution is -0.121. The number of rotatable bonds is 6. The number of hydrogen-bond donors (Lipinski definition) is 2. The van der Waals surface area contributed by atoms with Crippen molar-refractivity contribution in [1.82, 2.24) is 15.5 Å². The van der Waals surface area contributed by atoms with E-state index in [-0.39, 0.29) is 5.91 Å². The number of thioether (sulfide) groups is 1. The molecule has 2 aliphatic heterocycles. The molecule has 0 radical (unpaired) electrons. The van der Waals surface area contributed by atoms with Gasteiger partial charge in [-0.2, -0.15) is 11.8 Å². The second kappa shape index (κ2) is 8.71. The van der Waals surface area contributed by atoms with E-state index in [4.69, 9.17) is 0 Å². The molecular formula is C18H27N3OS. The van der Waals surface area contributed by atoms with Gasteiger partial charge in [-0.1, -0.05) is 30.3 Å². The summed E-state index contributed by atoms with van der Waals surface area (Å²) in [6, 6.07) is 11.4. The largest absolute Gasteiger partial charge is 0.354 e. The minimum Gasteiger partial charge on any atom is -0.354 e. The van der Waals surface area contributed by atoms with Crippen molar-refractivity contribution < 1.29 is 4.79 Å². The average Bonchev–Trinajstić information content (AvgIpc) is 3.02. The van der Waals surface area contributed by atoms with Crippen LogP contribution in [0.1, 0.15) is 24.8 Å². The predicted molar refractivity (Wildman–Crippen MR) is 96.6 cm³/mol. The van der Waals surface area contributed by atoms with Crippen molar-refractivity contribution in [2.24, 2.45) is 0 Å². The molecule has 2 heterocycles. The smallest absolute Gasteiger partial charge is 0.221 e. The molecule has 0 spiro atoms. The number of carbonyl (C=O) groups is 1. The van der Waals surface area contributed by atoms with E-state index in [0.29, 0.717) is 18.5 Å². The van der Waals surface area contributed by atoms with Gasteiger partial charge in [0.05, 0.1) is 0 Å². The molecule has 1 amide bonds. The van der Waals surface area contributed by atoms with Gasteiger partial charge in [-0.3, -0.25) is 9.69 Å². The van der Waals surface area contributed by atoms with Gasteiger partial charge in [-0.05, 0) is 24.9 Å². The third-order valence-corrected chi connectivity index (χ3v) is 5.82. The Morgan fingerprint density at radius 2 is 2.22 bits per heavy atom. The van der Waals surface area contributed by atoms with Crippen molar-refractivity contribution in [3.8, 4) is 0 Å². The first-order valence-electron chi connectivity index (χ1n) is 8.67. The van der Waals surface area contributed by atoms with E-state index in [1.54, 1.807) is 0 Å². The molecule has 23 heavy (non-hydrogen) atoms. The van der Waals surface area contributed by atoms with Crippen LogP contribution < -0.4 is 10.6 Å². The molecule has 2 N–H and O–H groups in total. The lowest BCUT2D eigenvalue weighted by Gasteiger charge is -2.26. The molecule has 3 rings (SSSR count). The van der Waals surface area contributed by atoms with Crippen LogP contribution in [0.5, 0.6) is 0 Å². The SMILES string of the molecule is O=C(CC1CSCCN1)NCC1CCCN1Cc1ccccc1. The first-order valence-corrected chi connectivity index (χ1v) is 9.82. The fourth-order valence-electron chi connectivity index (χ4n) is 3.43. The van der Waals surface area contributed by atoms with E-state index in [1.807, 2.05) is 11.8 Å². The summed E-state index contributed by atoms with van der Waals surface area (Å²) in [6.07, 6.45) is 3.03. The van der Waals surface area contributed by atoms with Crippen molar-refractivity contribution in [2.45, 2.75) is 37.9 Å². The summed E-state index contributed by atoms with van der Waals surface area (Å²) in [7, 11) is 0. The first kappa shape index (κ1) is 16.8. The van der Waals surface area contributed by atoms with Crippen molar-refractivity contribution in [3.05, 3.63) is 35.9 Å². The van der Waals surface area contributed by atoms with Gasteiger partial charge < -0.3 is 10.6 Å². The van der Waals surface area contributed by atoms with E-state index in [2.05, 4.69) is 45.9 Å². The number of nitrogens with zero attached hydrogens (tertiary/aromatic N) is 1. The summed E-state index contributed by atoms with van der Waals surface area (Å²) in [5.74, 6) is 2.41. The molecule has 1 aromatic carbocycles. The first-order chi connectivity index (χ1) is 11.3. The summed E-state index contributed by atoms with van der Waals surface area (Å²) >= 11 is 1.94. The van der Waals surface area contributed by atoms with Gasteiger partial charge in [-0.25, -0.2) is 0 Å². The normalized spacial score (nSPS) is 25.4. The van der Waals surface area contributed by atoms with Gasteiger partial charge in [0.2, 0.25) is 5.91 Å². The lowest BCUT2D eigenvalue weighted by atomic mass is 10.1. The summed E-state index contributed by atoms with van der Waals surface area (Å²) in [5.41, 5.74) is 1.36. The second-order valence-electron chi connectivity index (χ2n) is 6.49. The molecule has 5 heteroatoms. The molecule has 2 fully saturated rings. The molecule has 2 aliphatic rings. The maximum atomic E-state index is 12.2. The number of carbonyl (C=O) groups excluding carboxylic acids is 1. The fraction of sp³-hybridized carbons (Fsp3) is 0.611. The van der Waals surface area contributed by atoms with E-state index in [0.717, 1.165) is 37.7 Å². The van der Waals surface area contributed by atoms with E-state index < -0.39 is 0 Å². The van der Waals surface area contributed by atoms with Crippen molar-refractivity contribution >= 4 is 17.7 Å². The van der Waals surface area contributed by atoms with E-state index in [1.165, 1.54) is 18.4 Å². The highest BCUT2D eigenvalue weighted by Crippen LogP contribution is 2.19. The zero-order valence-electron chi connectivity index (χ0n) is 13.7. The lowest BCUT2D eigenvalue weighted by Crippen LogP contribution is -2.44. The zero-order chi connectivity index (χ0) is 15.9. The second-order valence-corrected chi connectivity index (χ2v) is 7.64. The molecule has 2 saturated heterocycles. The monoisotopic (exact) mass is 333 g/mol. The fourth-order valence-corrected chi connectivity index (χ4v) is 4.38. The minimum atomic E-state index is 0.191. The van der Waals surface area contributed by atoms with Crippen LogP contribution in [-0.2, 0) is 11.3 Å². The van der Waals surface area contributed by atoms with Crippen LogP contribution in [0.3, 0.4) is 0 Å². The molecule has 0 saturated carbocycles. The average molecular weight is 334 g/mol. The molecular weight excluding hydrogens is 306 g/mol. The maximum Gasteiger partial charge on any atom is 0.221 e. The number of hydrogen-bond acceptors (Lipinski definition) is 4. The summed E-state index contributed by atoms with van der Waals surface area (Å²) < 4.78 is 0. The number of likely N-dealkylation sites (tertiary alicyclic amines) is 1. The van der Waals surface area contributed by atoms with Crippen LogP contribution in [0, 0.1) is 0 Å². The third kappa shape index (κ3) is 5.23. The minimum absolute atomic E-state index is 0.191. The molecule has 126 valence electrons. The topological polar surface area (TPSA) is 44.4 Å². The Kier molecular flexibility index (Phi) is 6.37. The quantitative estimate of drug-likeness (QED) is 0.834. The number of benzene rings is 1. The van der Waals surface area contributed by atoms with Gasteiger partial charge in [-0.15, -0.1) is 0 Å². The standard InChI is InChI=1S/C18H27N3OS/c22-18(11-16-14-23-10-8-19-16)20-12-17-7-4-9-21(17)13-15-5-2-1-3-6-15/h1-3,5-6,16-17,19H,4,7-14H2,(H,20,22). The Morgan fingerprint density at radius 1 is 1.35 bits per heavy atom. The maximum absolute atomic E-state index is 12.2. The number of nitrogens with one attached hydrogen (secondary N) is 2. The van der Waals surface area contributed by atoms with Crippen LogP contribution >= 0.6 is 11.8 Å². The summed E-state index contributed by atoms with van der Waals surface area (Å²) in [5, 5.41) is 6.59. The van der Waals surface area contributed by atoms with Gasteiger partial charge in [0.25, 0.3) is 0 Å². The van der Waals surface area contributed by atoms with Crippen LogP contribution in [0.25, 0.3) is 0 Å². The molecule has 0 aliphatic carbocycles. The van der Waals surface area contributed by atoms with Crippen LogP contribution in [0.4, 0.5) is 0 Å². The van der Waals surface area contributed by atoms with Crippen molar-refractivity contribution in [3.63, 3.8) is 0 Å². The highest BCUT2D eigenvalue weighted by molar-refractivity contribution is 7.99. The molecule has 0 bridgehead atoms. The van der Waals surface area contributed by atoms with Gasteiger partial charge in [0, 0.05) is 49.6 Å². The molecule has 4 nitrogen and oxygen atoms in total. The Labute approximate surface area is 143 Å². The van der Waals surface area contributed by atoms with Crippen molar-refractivity contribution in [2.75, 3.05) is 31.1 Å². The predicted octanol–water partition coefficient (Wildman–Crippen LogP) is 1.86. The summed E-state index contributed by atoms with van der Waals surface area (Å²) in [4.78, 5) is 14.7. The Balaban J connectivity index is 1.42. The van der Waals surface area contributed by atoms with E-state index in [9.17, 15) is 4.79 Å². The van der Waals surface area contributed by atoms with Crippen LogP contribution in [0.15, 0.2) is 30.3 Å². The highest BCUT2D eigenvalue weighted by atomic mass is 32.2. The number of amides is 1.